The molecule has 7 nitrogen and oxygen atoms in total. The molecule has 160 valence electrons. The van der Waals surface area contributed by atoms with Gasteiger partial charge in [-0.3, -0.25) is 4.79 Å². The number of aliphatic hydroxyl groups is 1. The lowest BCUT2D eigenvalue weighted by Crippen LogP contribution is -2.31. The van der Waals surface area contributed by atoms with Crippen LogP contribution in [-0.2, 0) is 7.05 Å². The second kappa shape index (κ2) is 8.01. The number of hydrogen-bond donors (Lipinski definition) is 1. The highest BCUT2D eigenvalue weighted by molar-refractivity contribution is 6.13. The third-order valence-corrected chi connectivity index (χ3v) is 5.94. The number of nitrogens with zero attached hydrogens (tertiary/aromatic N) is 5. The van der Waals surface area contributed by atoms with Crippen LogP contribution in [0.3, 0.4) is 0 Å². The summed E-state index contributed by atoms with van der Waals surface area (Å²) in [6.07, 6.45) is 3.81. The molecule has 0 atom stereocenters. The number of anilines is 1. The number of rotatable bonds is 6. The van der Waals surface area contributed by atoms with Crippen molar-refractivity contribution in [3.8, 4) is 0 Å². The van der Waals surface area contributed by atoms with E-state index in [1.807, 2.05) is 83.0 Å². The van der Waals surface area contributed by atoms with Gasteiger partial charge in [-0.05, 0) is 49.4 Å². The Labute approximate surface area is 184 Å². The third kappa shape index (κ3) is 3.18. The molecule has 5 rings (SSSR count). The number of aliphatic hydroxyl groups excluding tert-OH is 1. The maximum absolute atomic E-state index is 13.1. The van der Waals surface area contributed by atoms with Crippen LogP contribution < -0.4 is 14.9 Å². The van der Waals surface area contributed by atoms with Crippen LogP contribution in [0.25, 0.3) is 27.3 Å². The molecule has 5 aromatic rings. The zero-order valence-corrected chi connectivity index (χ0v) is 18.1. The first-order valence-electron chi connectivity index (χ1n) is 10.7. The molecule has 0 fully saturated rings. The van der Waals surface area contributed by atoms with E-state index in [0.717, 1.165) is 39.9 Å². The number of imidazole rings is 1. The summed E-state index contributed by atoms with van der Waals surface area (Å²) < 4.78 is 3.78. The molecule has 0 aliphatic carbocycles. The van der Waals surface area contributed by atoms with Gasteiger partial charge in [0.1, 0.15) is 17.9 Å². The largest absolute Gasteiger partial charge is 0.395 e. The van der Waals surface area contributed by atoms with Crippen LogP contribution in [0.4, 0.5) is 17.1 Å². The van der Waals surface area contributed by atoms with Crippen molar-refractivity contribution in [2.24, 2.45) is 17.3 Å². The molecule has 2 heterocycles. The van der Waals surface area contributed by atoms with Crippen molar-refractivity contribution in [1.29, 1.82) is 0 Å². The van der Waals surface area contributed by atoms with Gasteiger partial charge in [-0.2, -0.15) is 9.51 Å². The molecule has 7 heteroatoms. The third-order valence-electron chi connectivity index (χ3n) is 5.94. The van der Waals surface area contributed by atoms with Crippen LogP contribution in [0.5, 0.6) is 0 Å². The van der Waals surface area contributed by atoms with Crippen molar-refractivity contribution < 1.29 is 9.67 Å². The van der Waals surface area contributed by atoms with Gasteiger partial charge in [0.2, 0.25) is 0 Å². The minimum atomic E-state index is 0.00337. The van der Waals surface area contributed by atoms with E-state index in [1.54, 1.807) is 0 Å². The fourth-order valence-corrected chi connectivity index (χ4v) is 4.34. The maximum atomic E-state index is 13.1. The Morgan fingerprint density at radius 2 is 1.81 bits per heavy atom. The van der Waals surface area contributed by atoms with Crippen LogP contribution in [0, 0.1) is 0 Å². The van der Waals surface area contributed by atoms with E-state index in [9.17, 15) is 9.90 Å². The Balaban J connectivity index is 1.57. The lowest BCUT2D eigenvalue weighted by Gasteiger charge is -2.21. The quantitative estimate of drug-likeness (QED) is 0.328. The first-order chi connectivity index (χ1) is 15.6. The summed E-state index contributed by atoms with van der Waals surface area (Å²) in [6.45, 7) is 3.59. The van der Waals surface area contributed by atoms with Gasteiger partial charge in [0.15, 0.2) is 0 Å². The van der Waals surface area contributed by atoms with E-state index < -0.39 is 0 Å². The molecule has 32 heavy (non-hydrogen) atoms. The predicted octanol–water partition coefficient (Wildman–Crippen LogP) is 4.10. The monoisotopic (exact) mass is 426 g/mol. The SMILES string of the molecule is CCN(CCO)c1ccc(/N=N/c2ccc3c4c2cccc4c(=O)c2n3cc[n+]2C)cc1. The van der Waals surface area contributed by atoms with Crippen LogP contribution in [0.1, 0.15) is 6.92 Å². The van der Waals surface area contributed by atoms with Gasteiger partial charge in [0.25, 0.3) is 5.43 Å². The Morgan fingerprint density at radius 3 is 2.56 bits per heavy atom. The number of azo groups is 1. The molecule has 0 amide bonds. The van der Waals surface area contributed by atoms with E-state index in [-0.39, 0.29) is 12.0 Å². The van der Waals surface area contributed by atoms with Gasteiger partial charge in [0, 0.05) is 34.9 Å². The number of fused-ring (bicyclic) bond motifs is 2. The summed E-state index contributed by atoms with van der Waals surface area (Å²) in [6, 6.07) is 17.5. The minimum absolute atomic E-state index is 0.00337. The topological polar surface area (TPSA) is 73.5 Å². The molecule has 0 unspecified atom stereocenters. The average molecular weight is 427 g/mol. The molecule has 1 N–H and O–H groups in total. The number of aromatic nitrogens is 2. The van der Waals surface area contributed by atoms with Crippen molar-refractivity contribution >= 4 is 44.4 Å². The number of likely N-dealkylation sites (N-methyl/N-ethyl adjacent to an activating group) is 1. The Bertz CT molecular complexity index is 1510. The highest BCUT2D eigenvalue weighted by Gasteiger charge is 2.20. The predicted molar refractivity (Wildman–Crippen MR) is 127 cm³/mol. The number of aryl methyl sites for hydroxylation is 1. The van der Waals surface area contributed by atoms with Crippen LogP contribution in [0.2, 0.25) is 0 Å². The molecule has 0 saturated heterocycles. The number of benzene rings is 3. The minimum Gasteiger partial charge on any atom is -0.395 e. The van der Waals surface area contributed by atoms with E-state index >= 15 is 0 Å². The van der Waals surface area contributed by atoms with E-state index in [1.165, 1.54) is 0 Å². The summed E-state index contributed by atoms with van der Waals surface area (Å²) in [7, 11) is 1.88. The van der Waals surface area contributed by atoms with E-state index in [2.05, 4.69) is 22.1 Å². The van der Waals surface area contributed by atoms with Crippen molar-refractivity contribution in [2.75, 3.05) is 24.6 Å². The van der Waals surface area contributed by atoms with Crippen molar-refractivity contribution in [2.45, 2.75) is 6.92 Å². The van der Waals surface area contributed by atoms with Crippen LogP contribution >= 0.6 is 0 Å². The van der Waals surface area contributed by atoms with E-state index in [4.69, 9.17) is 0 Å². The highest BCUT2D eigenvalue weighted by atomic mass is 16.3. The highest BCUT2D eigenvalue weighted by Crippen LogP contribution is 2.33. The second-order valence-corrected chi connectivity index (χ2v) is 7.78. The summed E-state index contributed by atoms with van der Waals surface area (Å²) in [5, 5.41) is 20.6. The standard InChI is InChI=1S/C25H24N5O2/c1-3-29(15-16-31)18-9-7-17(8-10-18)26-27-21-11-12-22-23-19(21)5-4-6-20(23)24(32)25-28(2)13-14-30(22)25/h4-14,31H,3,15-16H2,1-2H3/q+1/b27-26+. The smallest absolute Gasteiger partial charge is 0.335 e. The van der Waals surface area contributed by atoms with Gasteiger partial charge in [-0.25, -0.2) is 4.57 Å². The first-order valence-corrected chi connectivity index (χ1v) is 10.7. The van der Waals surface area contributed by atoms with Gasteiger partial charge >= 0.3 is 5.65 Å². The Morgan fingerprint density at radius 1 is 1.03 bits per heavy atom. The maximum Gasteiger partial charge on any atom is 0.335 e. The fraction of sp³-hybridized carbons (Fsp3) is 0.200. The summed E-state index contributed by atoms with van der Waals surface area (Å²) in [4.78, 5) is 15.2. The Hall–Kier alpha value is -3.84. The Kier molecular flexibility index (Phi) is 5.03. The molecule has 0 bridgehead atoms. The lowest BCUT2D eigenvalue weighted by atomic mass is 10.0. The molecular weight excluding hydrogens is 402 g/mol. The molecule has 3 aromatic carbocycles. The van der Waals surface area contributed by atoms with Crippen molar-refractivity contribution in [3.05, 3.63) is 77.2 Å². The molecule has 0 aliphatic rings. The van der Waals surface area contributed by atoms with Gasteiger partial charge in [-0.15, -0.1) is 5.11 Å². The average Bonchev–Trinajstić information content (AvgIpc) is 3.22. The molecule has 0 aliphatic heterocycles. The van der Waals surface area contributed by atoms with E-state index in [0.29, 0.717) is 17.6 Å². The number of hydrogen-bond acceptors (Lipinski definition) is 5. The van der Waals surface area contributed by atoms with Crippen LogP contribution in [0.15, 0.2) is 82.0 Å². The molecule has 0 saturated carbocycles. The summed E-state index contributed by atoms with van der Waals surface area (Å²) in [5.74, 6) is 0. The molecule has 2 aromatic heterocycles. The number of pyridine rings is 1. The van der Waals surface area contributed by atoms with Gasteiger partial charge in [-0.1, -0.05) is 12.1 Å². The summed E-state index contributed by atoms with van der Waals surface area (Å²) in [5.41, 5.74) is 4.11. The first kappa shape index (κ1) is 20.1. The molecule has 0 radical (unpaired) electrons. The normalized spacial score (nSPS) is 12.0. The van der Waals surface area contributed by atoms with Crippen molar-refractivity contribution in [1.82, 2.24) is 4.40 Å². The zero-order chi connectivity index (χ0) is 22.2. The zero-order valence-electron chi connectivity index (χ0n) is 18.1. The summed E-state index contributed by atoms with van der Waals surface area (Å²) >= 11 is 0. The molecule has 0 spiro atoms. The van der Waals surface area contributed by atoms with Crippen molar-refractivity contribution in [3.63, 3.8) is 0 Å². The lowest BCUT2D eigenvalue weighted by molar-refractivity contribution is -0.644. The fourth-order valence-electron chi connectivity index (χ4n) is 4.34. The van der Waals surface area contributed by atoms with Gasteiger partial charge in [0.05, 0.1) is 25.0 Å². The van der Waals surface area contributed by atoms with Gasteiger partial charge < -0.3 is 10.0 Å². The molecular formula is C25H24N5O2+. The van der Waals surface area contributed by atoms with Crippen LogP contribution in [-0.4, -0.2) is 29.2 Å². The second-order valence-electron chi connectivity index (χ2n) is 7.78.